The fourth-order valence-corrected chi connectivity index (χ4v) is 2.37. The Morgan fingerprint density at radius 2 is 2.37 bits per heavy atom. The number of hydrogen-bond donors (Lipinski definition) is 2. The first-order chi connectivity index (χ1) is 9.22. The molecule has 0 aromatic carbocycles. The van der Waals surface area contributed by atoms with Crippen molar-refractivity contribution in [2.75, 3.05) is 38.5 Å². The molecule has 1 saturated heterocycles. The van der Waals surface area contributed by atoms with Crippen LogP contribution in [0.3, 0.4) is 0 Å². The molecule has 1 aliphatic heterocycles. The van der Waals surface area contributed by atoms with Crippen LogP contribution in [-0.4, -0.2) is 49.0 Å². The summed E-state index contributed by atoms with van der Waals surface area (Å²) < 4.78 is 0. The summed E-state index contributed by atoms with van der Waals surface area (Å²) in [7, 11) is 1.83. The van der Waals surface area contributed by atoms with Crippen molar-refractivity contribution in [3.05, 3.63) is 24.0 Å². The van der Waals surface area contributed by atoms with Crippen LogP contribution in [0.5, 0.6) is 0 Å². The minimum Gasteiger partial charge on any atom is -0.387 e. The number of carbonyl (C=O) groups excluding carboxylic acids is 1. The highest BCUT2D eigenvalue weighted by Crippen LogP contribution is 2.14. The van der Waals surface area contributed by atoms with Gasteiger partial charge in [0.2, 0.25) is 0 Å². The summed E-state index contributed by atoms with van der Waals surface area (Å²) in [4.78, 5) is 18.5. The molecule has 0 radical (unpaired) electrons. The molecule has 5 heteroatoms. The Bertz CT molecular complexity index is 418. The van der Waals surface area contributed by atoms with Gasteiger partial charge in [0.15, 0.2) is 0 Å². The summed E-state index contributed by atoms with van der Waals surface area (Å²) in [5.41, 5.74) is 1.38. The minimum absolute atomic E-state index is 0.0856. The van der Waals surface area contributed by atoms with Gasteiger partial charge in [-0.1, -0.05) is 6.92 Å². The fourth-order valence-electron chi connectivity index (χ4n) is 2.37. The average Bonchev–Trinajstić information content (AvgIpc) is 2.93. The molecule has 2 rings (SSSR count). The van der Waals surface area contributed by atoms with Gasteiger partial charge >= 0.3 is 0 Å². The second-order valence-corrected chi connectivity index (χ2v) is 4.94. The lowest BCUT2D eigenvalue weighted by Gasteiger charge is -2.13. The van der Waals surface area contributed by atoms with E-state index in [4.69, 9.17) is 0 Å². The number of rotatable bonds is 5. The van der Waals surface area contributed by atoms with Crippen LogP contribution in [0.1, 0.15) is 23.8 Å². The van der Waals surface area contributed by atoms with Crippen LogP contribution in [0, 0.1) is 5.92 Å². The number of aromatic nitrogens is 1. The number of anilines is 1. The molecule has 1 atom stereocenters. The van der Waals surface area contributed by atoms with Gasteiger partial charge in [-0.2, -0.15) is 0 Å². The van der Waals surface area contributed by atoms with Crippen molar-refractivity contribution >= 4 is 11.6 Å². The Hall–Kier alpha value is -1.62. The second-order valence-electron chi connectivity index (χ2n) is 4.94. The Kier molecular flexibility index (Phi) is 4.74. The molecule has 2 N–H and O–H groups in total. The van der Waals surface area contributed by atoms with E-state index in [0.29, 0.717) is 11.6 Å². The number of amides is 1. The van der Waals surface area contributed by atoms with Crippen LogP contribution in [-0.2, 0) is 0 Å². The van der Waals surface area contributed by atoms with E-state index in [1.54, 1.807) is 12.3 Å². The molecular weight excluding hydrogens is 240 g/mol. The summed E-state index contributed by atoms with van der Waals surface area (Å²) >= 11 is 0. The van der Waals surface area contributed by atoms with Gasteiger partial charge in [0, 0.05) is 20.1 Å². The first kappa shape index (κ1) is 13.8. The van der Waals surface area contributed by atoms with Crippen molar-refractivity contribution in [2.45, 2.75) is 13.3 Å². The molecule has 19 heavy (non-hydrogen) atoms. The molecule has 0 spiro atoms. The monoisotopic (exact) mass is 262 g/mol. The van der Waals surface area contributed by atoms with E-state index in [0.717, 1.165) is 31.9 Å². The van der Waals surface area contributed by atoms with E-state index < -0.39 is 0 Å². The zero-order chi connectivity index (χ0) is 13.7. The Morgan fingerprint density at radius 3 is 2.95 bits per heavy atom. The standard InChI is InChI=1S/C14H22N4O/c1-3-18-7-6-11(10-18)8-17-14(19)13-5-4-12(15-2)9-16-13/h4-5,9,11,15H,3,6-8,10H2,1-2H3,(H,17,19). The molecule has 1 unspecified atom stereocenters. The lowest BCUT2D eigenvalue weighted by atomic mass is 10.1. The van der Waals surface area contributed by atoms with Crippen molar-refractivity contribution < 1.29 is 4.79 Å². The fraction of sp³-hybridized carbons (Fsp3) is 0.571. The largest absolute Gasteiger partial charge is 0.387 e. The number of pyridine rings is 1. The third-order valence-electron chi connectivity index (χ3n) is 3.65. The molecule has 0 aliphatic carbocycles. The van der Waals surface area contributed by atoms with Gasteiger partial charge < -0.3 is 15.5 Å². The van der Waals surface area contributed by atoms with Crippen LogP contribution < -0.4 is 10.6 Å². The van der Waals surface area contributed by atoms with Crippen molar-refractivity contribution in [1.82, 2.24) is 15.2 Å². The molecule has 5 nitrogen and oxygen atoms in total. The maximum atomic E-state index is 11.9. The van der Waals surface area contributed by atoms with E-state index in [2.05, 4.69) is 27.4 Å². The van der Waals surface area contributed by atoms with Crippen LogP contribution >= 0.6 is 0 Å². The first-order valence-electron chi connectivity index (χ1n) is 6.87. The third kappa shape index (κ3) is 3.67. The van der Waals surface area contributed by atoms with Crippen LogP contribution in [0.15, 0.2) is 18.3 Å². The smallest absolute Gasteiger partial charge is 0.269 e. The quantitative estimate of drug-likeness (QED) is 0.837. The second kappa shape index (κ2) is 6.52. The van der Waals surface area contributed by atoms with Crippen LogP contribution in [0.4, 0.5) is 5.69 Å². The molecular formula is C14H22N4O. The van der Waals surface area contributed by atoms with Crippen molar-refractivity contribution in [2.24, 2.45) is 5.92 Å². The van der Waals surface area contributed by atoms with E-state index in [1.165, 1.54) is 6.42 Å². The minimum atomic E-state index is -0.0856. The zero-order valence-corrected chi connectivity index (χ0v) is 11.6. The summed E-state index contributed by atoms with van der Waals surface area (Å²) in [6, 6.07) is 3.60. The Morgan fingerprint density at radius 1 is 1.53 bits per heavy atom. The summed E-state index contributed by atoms with van der Waals surface area (Å²) in [6.45, 7) is 6.24. The van der Waals surface area contributed by atoms with Gasteiger partial charge in [-0.15, -0.1) is 0 Å². The molecule has 2 heterocycles. The van der Waals surface area contributed by atoms with Gasteiger partial charge in [-0.3, -0.25) is 4.79 Å². The summed E-state index contributed by atoms with van der Waals surface area (Å²) in [5, 5.41) is 5.96. The van der Waals surface area contributed by atoms with Crippen molar-refractivity contribution in [3.8, 4) is 0 Å². The van der Waals surface area contributed by atoms with Crippen LogP contribution in [0.2, 0.25) is 0 Å². The Labute approximate surface area is 114 Å². The summed E-state index contributed by atoms with van der Waals surface area (Å²) in [6.07, 6.45) is 2.84. The molecule has 0 bridgehead atoms. The maximum Gasteiger partial charge on any atom is 0.269 e. The SMILES string of the molecule is CCN1CCC(CNC(=O)c2ccc(NC)cn2)C1. The van der Waals surface area contributed by atoms with E-state index >= 15 is 0 Å². The third-order valence-corrected chi connectivity index (χ3v) is 3.65. The van der Waals surface area contributed by atoms with Crippen molar-refractivity contribution in [1.29, 1.82) is 0 Å². The predicted octanol–water partition coefficient (Wildman–Crippen LogP) is 1.19. The predicted molar refractivity (Wildman–Crippen MR) is 76.3 cm³/mol. The number of nitrogens with zero attached hydrogens (tertiary/aromatic N) is 2. The van der Waals surface area contributed by atoms with E-state index in [-0.39, 0.29) is 5.91 Å². The normalized spacial score (nSPS) is 19.4. The molecule has 1 aromatic rings. The van der Waals surface area contributed by atoms with E-state index in [1.807, 2.05) is 13.1 Å². The average molecular weight is 262 g/mol. The summed E-state index contributed by atoms with van der Waals surface area (Å²) in [5.74, 6) is 0.484. The molecule has 1 aliphatic rings. The number of nitrogens with one attached hydrogen (secondary N) is 2. The zero-order valence-electron chi connectivity index (χ0n) is 11.6. The van der Waals surface area contributed by atoms with Gasteiger partial charge in [-0.25, -0.2) is 4.98 Å². The number of carbonyl (C=O) groups is 1. The highest BCUT2D eigenvalue weighted by molar-refractivity contribution is 5.92. The number of likely N-dealkylation sites (tertiary alicyclic amines) is 1. The first-order valence-corrected chi connectivity index (χ1v) is 6.87. The van der Waals surface area contributed by atoms with Crippen LogP contribution in [0.25, 0.3) is 0 Å². The topological polar surface area (TPSA) is 57.3 Å². The van der Waals surface area contributed by atoms with Gasteiger partial charge in [0.25, 0.3) is 5.91 Å². The Balaban J connectivity index is 1.80. The number of hydrogen-bond acceptors (Lipinski definition) is 4. The van der Waals surface area contributed by atoms with Gasteiger partial charge in [0.05, 0.1) is 11.9 Å². The molecule has 1 aromatic heterocycles. The maximum absolute atomic E-state index is 11.9. The molecule has 0 saturated carbocycles. The highest BCUT2D eigenvalue weighted by atomic mass is 16.1. The van der Waals surface area contributed by atoms with Crippen molar-refractivity contribution in [3.63, 3.8) is 0 Å². The van der Waals surface area contributed by atoms with Gasteiger partial charge in [0.1, 0.15) is 5.69 Å². The highest BCUT2D eigenvalue weighted by Gasteiger charge is 2.21. The molecule has 1 fully saturated rings. The van der Waals surface area contributed by atoms with Gasteiger partial charge in [-0.05, 0) is 37.6 Å². The van der Waals surface area contributed by atoms with E-state index in [9.17, 15) is 4.79 Å². The molecule has 1 amide bonds. The lowest BCUT2D eigenvalue weighted by Crippen LogP contribution is -2.31. The molecule has 104 valence electrons. The lowest BCUT2D eigenvalue weighted by molar-refractivity contribution is 0.0942.